The molecule has 0 aliphatic heterocycles. The molecule has 2 rings (SSSR count). The molecule has 0 fully saturated rings. The van der Waals surface area contributed by atoms with Crippen molar-refractivity contribution in [3.63, 3.8) is 0 Å². The van der Waals surface area contributed by atoms with E-state index in [0.29, 0.717) is 12.1 Å². The SMILES string of the molecule is CCCn1nnnc1CNc1cc(C#N)ccc1SC. The van der Waals surface area contributed by atoms with E-state index in [9.17, 15) is 0 Å². The number of thioether (sulfide) groups is 1. The molecule has 1 aromatic heterocycles. The number of nitrogens with zero attached hydrogens (tertiary/aromatic N) is 5. The van der Waals surface area contributed by atoms with Crippen LogP contribution in [0.1, 0.15) is 24.7 Å². The van der Waals surface area contributed by atoms with Gasteiger partial charge in [0.05, 0.1) is 18.2 Å². The van der Waals surface area contributed by atoms with Crippen molar-refractivity contribution < 1.29 is 0 Å². The lowest BCUT2D eigenvalue weighted by Crippen LogP contribution is -2.10. The smallest absolute Gasteiger partial charge is 0.170 e. The number of hydrogen-bond acceptors (Lipinski definition) is 6. The predicted octanol–water partition coefficient (Wildman–Crippen LogP) is 2.29. The Kier molecular flexibility index (Phi) is 4.96. The van der Waals surface area contributed by atoms with Crippen molar-refractivity contribution in [1.82, 2.24) is 20.2 Å². The first-order chi connectivity index (χ1) is 9.78. The van der Waals surface area contributed by atoms with Crippen LogP contribution in [0.15, 0.2) is 23.1 Å². The predicted molar refractivity (Wildman–Crippen MR) is 78.4 cm³/mol. The Labute approximate surface area is 122 Å². The Morgan fingerprint density at radius 1 is 1.45 bits per heavy atom. The van der Waals surface area contributed by atoms with E-state index in [4.69, 9.17) is 5.26 Å². The Balaban J connectivity index is 2.14. The highest BCUT2D eigenvalue weighted by atomic mass is 32.2. The van der Waals surface area contributed by atoms with Crippen molar-refractivity contribution in [3.8, 4) is 6.07 Å². The van der Waals surface area contributed by atoms with E-state index in [2.05, 4.69) is 33.8 Å². The Morgan fingerprint density at radius 3 is 3.00 bits per heavy atom. The molecule has 0 spiro atoms. The van der Waals surface area contributed by atoms with Crippen molar-refractivity contribution in [3.05, 3.63) is 29.6 Å². The Morgan fingerprint density at radius 2 is 2.30 bits per heavy atom. The summed E-state index contributed by atoms with van der Waals surface area (Å²) in [6, 6.07) is 7.76. The maximum atomic E-state index is 8.97. The van der Waals surface area contributed by atoms with Crippen LogP contribution in [0.4, 0.5) is 5.69 Å². The number of aryl methyl sites for hydroxylation is 1. The lowest BCUT2D eigenvalue weighted by atomic mass is 10.2. The molecule has 1 N–H and O–H groups in total. The molecule has 7 heteroatoms. The number of nitrogens with one attached hydrogen (secondary N) is 1. The Hall–Kier alpha value is -2.07. The third-order valence-electron chi connectivity index (χ3n) is 2.81. The topological polar surface area (TPSA) is 79.4 Å². The summed E-state index contributed by atoms with van der Waals surface area (Å²) >= 11 is 1.64. The second-order valence-electron chi connectivity index (χ2n) is 4.20. The highest BCUT2D eigenvalue weighted by Crippen LogP contribution is 2.26. The van der Waals surface area contributed by atoms with Crippen LogP contribution in [0.5, 0.6) is 0 Å². The van der Waals surface area contributed by atoms with Gasteiger partial charge in [-0.15, -0.1) is 16.9 Å². The third-order valence-corrected chi connectivity index (χ3v) is 3.60. The van der Waals surface area contributed by atoms with Gasteiger partial charge in [-0.2, -0.15) is 5.26 Å². The highest BCUT2D eigenvalue weighted by molar-refractivity contribution is 7.98. The van der Waals surface area contributed by atoms with Gasteiger partial charge in [0.25, 0.3) is 0 Å². The molecule has 1 heterocycles. The van der Waals surface area contributed by atoms with Crippen LogP contribution >= 0.6 is 11.8 Å². The first kappa shape index (κ1) is 14.3. The van der Waals surface area contributed by atoms with Gasteiger partial charge in [0.1, 0.15) is 0 Å². The molecular formula is C13H16N6S. The molecule has 0 amide bonds. The largest absolute Gasteiger partial charge is 0.377 e. The summed E-state index contributed by atoms with van der Waals surface area (Å²) in [5, 5.41) is 23.9. The third kappa shape index (κ3) is 3.27. The summed E-state index contributed by atoms with van der Waals surface area (Å²) in [7, 11) is 0. The van der Waals surface area contributed by atoms with Crippen molar-refractivity contribution in [2.45, 2.75) is 31.3 Å². The van der Waals surface area contributed by atoms with E-state index in [1.54, 1.807) is 16.4 Å². The van der Waals surface area contributed by atoms with Crippen molar-refractivity contribution in [2.75, 3.05) is 11.6 Å². The van der Waals surface area contributed by atoms with Gasteiger partial charge < -0.3 is 5.32 Å². The monoisotopic (exact) mass is 288 g/mol. The van der Waals surface area contributed by atoms with Gasteiger partial charge >= 0.3 is 0 Å². The summed E-state index contributed by atoms with van der Waals surface area (Å²) in [6.45, 7) is 3.42. The second kappa shape index (κ2) is 6.91. The van der Waals surface area contributed by atoms with Gasteiger partial charge in [-0.25, -0.2) is 4.68 Å². The Bertz CT molecular complexity index is 616. The standard InChI is InChI=1S/C13H16N6S/c1-3-6-19-13(16-17-18-19)9-15-11-7-10(8-14)4-5-12(11)20-2/h4-5,7,15H,3,6,9H2,1-2H3. The number of tetrazole rings is 1. The van der Waals surface area contributed by atoms with Gasteiger partial charge in [0.2, 0.25) is 0 Å². The van der Waals surface area contributed by atoms with Crippen LogP contribution in [0.3, 0.4) is 0 Å². The molecule has 0 bridgehead atoms. The molecule has 1 aromatic carbocycles. The van der Waals surface area contributed by atoms with Crippen LogP contribution < -0.4 is 5.32 Å². The second-order valence-corrected chi connectivity index (χ2v) is 5.05. The van der Waals surface area contributed by atoms with Crippen LogP contribution in [0, 0.1) is 11.3 Å². The first-order valence-electron chi connectivity index (χ1n) is 6.35. The van der Waals surface area contributed by atoms with E-state index < -0.39 is 0 Å². The van der Waals surface area contributed by atoms with E-state index in [1.165, 1.54) is 0 Å². The number of benzene rings is 1. The fourth-order valence-corrected chi connectivity index (χ4v) is 2.38. The van der Waals surface area contributed by atoms with E-state index in [-0.39, 0.29) is 0 Å². The minimum Gasteiger partial charge on any atom is -0.377 e. The fourth-order valence-electron chi connectivity index (χ4n) is 1.83. The van der Waals surface area contributed by atoms with Crippen molar-refractivity contribution in [1.29, 1.82) is 5.26 Å². The number of rotatable bonds is 6. The lowest BCUT2D eigenvalue weighted by molar-refractivity contribution is 0.558. The molecule has 0 radical (unpaired) electrons. The molecule has 0 aliphatic rings. The maximum Gasteiger partial charge on any atom is 0.170 e. The molecule has 0 saturated heterocycles. The number of nitriles is 1. The molecule has 0 unspecified atom stereocenters. The zero-order valence-corrected chi connectivity index (χ0v) is 12.3. The molecule has 0 atom stereocenters. The van der Waals surface area contributed by atoms with Gasteiger partial charge in [-0.05, 0) is 41.3 Å². The first-order valence-corrected chi connectivity index (χ1v) is 7.58. The maximum absolute atomic E-state index is 8.97. The van der Waals surface area contributed by atoms with Crippen molar-refractivity contribution >= 4 is 17.4 Å². The number of aromatic nitrogens is 4. The zero-order valence-electron chi connectivity index (χ0n) is 11.5. The van der Waals surface area contributed by atoms with Crippen LogP contribution in [-0.4, -0.2) is 26.5 Å². The van der Waals surface area contributed by atoms with Gasteiger partial charge in [-0.3, -0.25) is 0 Å². The minimum atomic E-state index is 0.537. The summed E-state index contributed by atoms with van der Waals surface area (Å²) < 4.78 is 1.79. The molecule has 6 nitrogen and oxygen atoms in total. The summed E-state index contributed by atoms with van der Waals surface area (Å²) in [5.41, 5.74) is 1.57. The zero-order chi connectivity index (χ0) is 14.4. The molecule has 2 aromatic rings. The summed E-state index contributed by atoms with van der Waals surface area (Å²) in [6.07, 6.45) is 2.99. The lowest BCUT2D eigenvalue weighted by Gasteiger charge is -2.10. The van der Waals surface area contributed by atoms with E-state index in [1.807, 2.05) is 24.5 Å². The van der Waals surface area contributed by atoms with Crippen molar-refractivity contribution in [2.24, 2.45) is 0 Å². The van der Waals surface area contributed by atoms with E-state index in [0.717, 1.165) is 29.4 Å². The quantitative estimate of drug-likeness (QED) is 0.822. The highest BCUT2D eigenvalue weighted by Gasteiger charge is 2.07. The van der Waals surface area contributed by atoms with Crippen LogP contribution in [0.2, 0.25) is 0 Å². The molecule has 20 heavy (non-hydrogen) atoms. The normalized spacial score (nSPS) is 10.2. The average Bonchev–Trinajstić information content (AvgIpc) is 2.92. The summed E-state index contributed by atoms with van der Waals surface area (Å²) in [5.74, 6) is 0.793. The minimum absolute atomic E-state index is 0.537. The molecule has 104 valence electrons. The average molecular weight is 288 g/mol. The molecule has 0 saturated carbocycles. The van der Waals surface area contributed by atoms with Crippen LogP contribution in [0.25, 0.3) is 0 Å². The van der Waals surface area contributed by atoms with E-state index >= 15 is 0 Å². The molecular weight excluding hydrogens is 272 g/mol. The van der Waals surface area contributed by atoms with Crippen LogP contribution in [-0.2, 0) is 13.1 Å². The van der Waals surface area contributed by atoms with Gasteiger partial charge in [0.15, 0.2) is 5.82 Å². The van der Waals surface area contributed by atoms with Gasteiger partial charge in [0, 0.05) is 17.1 Å². The summed E-state index contributed by atoms with van der Waals surface area (Å²) in [4.78, 5) is 1.10. The number of hydrogen-bond donors (Lipinski definition) is 1. The molecule has 0 aliphatic carbocycles. The number of anilines is 1. The van der Waals surface area contributed by atoms with Gasteiger partial charge in [-0.1, -0.05) is 6.92 Å². The fraction of sp³-hybridized carbons (Fsp3) is 0.385.